The number of phenolic OH excluding ortho intramolecular Hbond substituents is 1. The summed E-state index contributed by atoms with van der Waals surface area (Å²) in [6.07, 6.45) is 0. The molecule has 5 N–H and O–H groups in total. The van der Waals surface area contributed by atoms with Gasteiger partial charge >= 0.3 is 6.03 Å². The van der Waals surface area contributed by atoms with Crippen LogP contribution in [-0.2, 0) is 0 Å². The average molecular weight is 283 g/mol. The van der Waals surface area contributed by atoms with E-state index in [0.29, 0.717) is 18.0 Å². The molecule has 0 fully saturated rings. The fourth-order valence-electron chi connectivity index (χ4n) is 1.59. The minimum atomic E-state index is -0.409. The molecule has 0 atom stereocenters. The van der Waals surface area contributed by atoms with Crippen molar-refractivity contribution in [3.05, 3.63) is 12.1 Å². The zero-order valence-electron chi connectivity index (χ0n) is 11.9. The van der Waals surface area contributed by atoms with Crippen LogP contribution in [0, 0.1) is 0 Å². The molecule has 0 saturated carbocycles. The highest BCUT2D eigenvalue weighted by Crippen LogP contribution is 2.35. The van der Waals surface area contributed by atoms with Crippen LogP contribution in [0.1, 0.15) is 13.8 Å². The lowest BCUT2D eigenvalue weighted by molar-refractivity contribution is 0.250. The minimum absolute atomic E-state index is 0.00969. The maximum atomic E-state index is 11.6. The minimum Gasteiger partial charge on any atom is -0.506 e. The first kappa shape index (κ1) is 15.9. The van der Waals surface area contributed by atoms with Gasteiger partial charge in [0.25, 0.3) is 0 Å². The molecule has 0 bridgehead atoms. The molecule has 1 aromatic carbocycles. The normalized spacial score (nSPS) is 10.2. The maximum absolute atomic E-state index is 11.6. The number of rotatable bonds is 6. The van der Waals surface area contributed by atoms with Crippen LogP contribution in [0.2, 0.25) is 0 Å². The predicted molar refractivity (Wildman–Crippen MR) is 77.5 cm³/mol. The van der Waals surface area contributed by atoms with Crippen LogP contribution in [0.15, 0.2) is 12.1 Å². The van der Waals surface area contributed by atoms with Gasteiger partial charge in [-0.1, -0.05) is 0 Å². The second-order valence-electron chi connectivity index (χ2n) is 4.47. The smallest absolute Gasteiger partial charge is 0.319 e. The summed E-state index contributed by atoms with van der Waals surface area (Å²) in [5.41, 5.74) is 0.781. The van der Waals surface area contributed by atoms with E-state index in [1.807, 2.05) is 13.8 Å². The van der Waals surface area contributed by atoms with Crippen LogP contribution >= 0.6 is 0 Å². The number of nitrogens with one attached hydrogen (secondary N) is 3. The Morgan fingerprint density at radius 1 is 1.35 bits per heavy atom. The van der Waals surface area contributed by atoms with Crippen molar-refractivity contribution in [3.63, 3.8) is 0 Å². The van der Waals surface area contributed by atoms with Gasteiger partial charge in [-0.15, -0.1) is 0 Å². The Morgan fingerprint density at radius 3 is 2.60 bits per heavy atom. The van der Waals surface area contributed by atoms with Crippen LogP contribution in [0.5, 0.6) is 11.5 Å². The van der Waals surface area contributed by atoms with Crippen molar-refractivity contribution in [3.8, 4) is 11.5 Å². The molecule has 0 radical (unpaired) electrons. The highest BCUT2D eigenvalue weighted by molar-refractivity contribution is 5.92. The highest BCUT2D eigenvalue weighted by Gasteiger charge is 2.12. The molecular weight excluding hydrogens is 262 g/mol. The SMILES string of the molecule is COc1cc(NC(=O)NC(C)C)c(O)cc1NCCO. The number of aliphatic hydroxyl groups excluding tert-OH is 1. The van der Waals surface area contributed by atoms with Gasteiger partial charge in [0.1, 0.15) is 11.5 Å². The van der Waals surface area contributed by atoms with Crippen molar-refractivity contribution in [2.24, 2.45) is 0 Å². The summed E-state index contributed by atoms with van der Waals surface area (Å²) in [7, 11) is 1.48. The first-order valence-corrected chi connectivity index (χ1v) is 6.31. The number of aliphatic hydroxyl groups is 1. The molecule has 0 aliphatic heterocycles. The second kappa shape index (κ2) is 7.44. The Hall–Kier alpha value is -2.15. The monoisotopic (exact) mass is 283 g/mol. The third kappa shape index (κ3) is 4.51. The summed E-state index contributed by atoms with van der Waals surface area (Å²) in [5.74, 6) is 0.362. The van der Waals surface area contributed by atoms with E-state index in [1.165, 1.54) is 19.2 Å². The molecule has 1 aromatic rings. The second-order valence-corrected chi connectivity index (χ2v) is 4.47. The number of hydrogen-bond donors (Lipinski definition) is 5. The number of hydrogen-bond acceptors (Lipinski definition) is 5. The summed E-state index contributed by atoms with van der Waals surface area (Å²) in [4.78, 5) is 11.6. The number of benzene rings is 1. The molecule has 1 rings (SSSR count). The molecule has 7 nitrogen and oxygen atoms in total. The molecule has 0 unspecified atom stereocenters. The molecule has 0 aliphatic carbocycles. The summed E-state index contributed by atoms with van der Waals surface area (Å²) in [6.45, 7) is 3.96. The van der Waals surface area contributed by atoms with E-state index in [4.69, 9.17) is 9.84 Å². The molecule has 0 aromatic heterocycles. The number of ether oxygens (including phenoxy) is 1. The number of methoxy groups -OCH3 is 1. The maximum Gasteiger partial charge on any atom is 0.319 e. The van der Waals surface area contributed by atoms with E-state index < -0.39 is 6.03 Å². The van der Waals surface area contributed by atoms with Crippen LogP contribution < -0.4 is 20.7 Å². The Balaban J connectivity index is 2.90. The molecule has 0 aliphatic rings. The summed E-state index contributed by atoms with van der Waals surface area (Å²) in [5, 5.41) is 26.8. The topological polar surface area (TPSA) is 103 Å². The van der Waals surface area contributed by atoms with E-state index in [-0.39, 0.29) is 24.1 Å². The molecule has 0 saturated heterocycles. The van der Waals surface area contributed by atoms with Crippen molar-refractivity contribution >= 4 is 17.4 Å². The molecule has 20 heavy (non-hydrogen) atoms. The van der Waals surface area contributed by atoms with E-state index in [1.54, 1.807) is 0 Å². The summed E-state index contributed by atoms with van der Waals surface area (Å²) < 4.78 is 5.17. The lowest BCUT2D eigenvalue weighted by atomic mass is 10.2. The molecule has 2 amide bonds. The Labute approximate surface area is 117 Å². The largest absolute Gasteiger partial charge is 0.506 e. The van der Waals surface area contributed by atoms with E-state index in [2.05, 4.69) is 16.0 Å². The van der Waals surface area contributed by atoms with Crippen molar-refractivity contribution in [2.45, 2.75) is 19.9 Å². The quantitative estimate of drug-likeness (QED) is 0.507. The summed E-state index contributed by atoms with van der Waals surface area (Å²) >= 11 is 0. The van der Waals surface area contributed by atoms with Crippen LogP contribution in [-0.4, -0.2) is 42.5 Å². The summed E-state index contributed by atoms with van der Waals surface area (Å²) in [6, 6.07) is 2.52. The number of amides is 2. The third-order valence-corrected chi connectivity index (χ3v) is 2.41. The van der Waals surface area contributed by atoms with Gasteiger partial charge in [0.15, 0.2) is 0 Å². The molecule has 0 spiro atoms. The number of urea groups is 1. The van der Waals surface area contributed by atoms with Crippen molar-refractivity contribution in [1.29, 1.82) is 0 Å². The first-order valence-electron chi connectivity index (χ1n) is 6.31. The van der Waals surface area contributed by atoms with E-state index in [0.717, 1.165) is 0 Å². The number of aromatic hydroxyl groups is 1. The predicted octanol–water partition coefficient (Wildman–Crippen LogP) is 1.33. The fourth-order valence-corrected chi connectivity index (χ4v) is 1.59. The molecule has 7 heteroatoms. The average Bonchev–Trinajstić information content (AvgIpc) is 2.37. The first-order chi connectivity index (χ1) is 9.47. The zero-order valence-corrected chi connectivity index (χ0v) is 11.9. The number of anilines is 2. The van der Waals surface area contributed by atoms with Gasteiger partial charge in [-0.2, -0.15) is 0 Å². The van der Waals surface area contributed by atoms with Crippen molar-refractivity contribution in [1.82, 2.24) is 5.32 Å². The van der Waals surface area contributed by atoms with Gasteiger partial charge < -0.3 is 30.9 Å². The standard InChI is InChI=1S/C13H21N3O4/c1-8(2)15-13(19)16-9-7-12(20-3)10(6-11(9)18)14-4-5-17/h6-8,14,17-18H,4-5H2,1-3H3,(H2,15,16,19). The van der Waals surface area contributed by atoms with Crippen LogP contribution in [0.25, 0.3) is 0 Å². The van der Waals surface area contributed by atoms with Gasteiger partial charge in [-0.05, 0) is 13.8 Å². The van der Waals surface area contributed by atoms with E-state index in [9.17, 15) is 9.90 Å². The van der Waals surface area contributed by atoms with Crippen molar-refractivity contribution in [2.75, 3.05) is 30.9 Å². The Kier molecular flexibility index (Phi) is 5.92. The van der Waals surface area contributed by atoms with Gasteiger partial charge in [-0.3, -0.25) is 0 Å². The Bertz CT molecular complexity index is 463. The van der Waals surface area contributed by atoms with Gasteiger partial charge in [0.05, 0.1) is 25.1 Å². The highest BCUT2D eigenvalue weighted by atomic mass is 16.5. The number of carbonyl (C=O) groups excluding carboxylic acids is 1. The molecular formula is C13H21N3O4. The van der Waals surface area contributed by atoms with E-state index >= 15 is 0 Å². The van der Waals surface area contributed by atoms with Crippen LogP contribution in [0.4, 0.5) is 16.2 Å². The zero-order chi connectivity index (χ0) is 15.1. The lowest BCUT2D eigenvalue weighted by Gasteiger charge is -2.15. The lowest BCUT2D eigenvalue weighted by Crippen LogP contribution is -2.34. The Morgan fingerprint density at radius 2 is 2.05 bits per heavy atom. The molecule has 0 heterocycles. The third-order valence-electron chi connectivity index (χ3n) is 2.41. The number of phenols is 1. The molecule has 112 valence electrons. The number of carbonyl (C=O) groups is 1. The van der Waals surface area contributed by atoms with Gasteiger partial charge in [0.2, 0.25) is 0 Å². The van der Waals surface area contributed by atoms with Crippen LogP contribution in [0.3, 0.4) is 0 Å². The van der Waals surface area contributed by atoms with Crippen molar-refractivity contribution < 1.29 is 19.7 Å². The van der Waals surface area contributed by atoms with Gasteiger partial charge in [-0.25, -0.2) is 4.79 Å². The fraction of sp³-hybridized carbons (Fsp3) is 0.462. The van der Waals surface area contributed by atoms with Gasteiger partial charge in [0, 0.05) is 24.7 Å².